The Bertz CT molecular complexity index is 882. The Morgan fingerprint density at radius 3 is 2.57 bits per heavy atom. The lowest BCUT2D eigenvalue weighted by atomic mass is 9.73. The molecule has 1 aromatic heterocycles. The van der Waals surface area contributed by atoms with Gasteiger partial charge in [0, 0.05) is 29.8 Å². The van der Waals surface area contributed by atoms with Gasteiger partial charge in [0.15, 0.2) is 11.5 Å². The van der Waals surface area contributed by atoms with Crippen LogP contribution in [0.4, 0.5) is 0 Å². The van der Waals surface area contributed by atoms with Gasteiger partial charge in [-0.25, -0.2) is 5.01 Å². The van der Waals surface area contributed by atoms with Crippen molar-refractivity contribution in [2.75, 3.05) is 14.2 Å². The second kappa shape index (κ2) is 8.00. The van der Waals surface area contributed by atoms with Gasteiger partial charge in [0.2, 0.25) is 5.91 Å². The molecule has 0 N–H and O–H groups in total. The maximum absolute atomic E-state index is 13.1. The number of carbonyl (C=O) groups is 1. The lowest BCUT2D eigenvalue weighted by Crippen LogP contribution is -2.45. The van der Waals surface area contributed by atoms with E-state index in [4.69, 9.17) is 14.6 Å². The van der Waals surface area contributed by atoms with Crippen LogP contribution in [-0.2, 0) is 11.3 Å². The number of pyridine rings is 1. The molecule has 2 aliphatic rings. The highest BCUT2D eigenvalue weighted by molar-refractivity contribution is 6.07. The Kier molecular flexibility index (Phi) is 5.28. The first-order valence-corrected chi connectivity index (χ1v) is 9.72. The summed E-state index contributed by atoms with van der Waals surface area (Å²) < 4.78 is 10.8. The predicted octanol–water partition coefficient (Wildman–Crippen LogP) is 3.65. The van der Waals surface area contributed by atoms with Gasteiger partial charge in [-0.2, -0.15) is 5.10 Å². The molecule has 1 aliphatic carbocycles. The lowest BCUT2D eigenvalue weighted by molar-refractivity contribution is -0.139. The van der Waals surface area contributed by atoms with E-state index in [0.717, 1.165) is 42.5 Å². The van der Waals surface area contributed by atoms with E-state index in [2.05, 4.69) is 4.98 Å². The zero-order chi connectivity index (χ0) is 19.5. The van der Waals surface area contributed by atoms with E-state index < -0.39 is 0 Å². The van der Waals surface area contributed by atoms with E-state index in [9.17, 15) is 4.79 Å². The van der Waals surface area contributed by atoms with Crippen molar-refractivity contribution in [2.45, 2.75) is 32.2 Å². The number of nitrogens with zero attached hydrogens (tertiary/aromatic N) is 3. The van der Waals surface area contributed by atoms with E-state index in [-0.39, 0.29) is 17.7 Å². The average molecular weight is 379 g/mol. The van der Waals surface area contributed by atoms with E-state index in [1.165, 1.54) is 0 Å². The van der Waals surface area contributed by atoms with Gasteiger partial charge < -0.3 is 9.47 Å². The third-order valence-corrected chi connectivity index (χ3v) is 5.65. The molecule has 0 spiro atoms. The number of carbonyl (C=O) groups excluding carboxylic acids is 1. The van der Waals surface area contributed by atoms with Crippen molar-refractivity contribution in [3.05, 3.63) is 53.9 Å². The molecule has 0 unspecified atom stereocenters. The van der Waals surface area contributed by atoms with Gasteiger partial charge in [-0.3, -0.25) is 9.78 Å². The normalized spacial score (nSPS) is 21.7. The fourth-order valence-electron chi connectivity index (χ4n) is 4.24. The second-order valence-corrected chi connectivity index (χ2v) is 7.31. The molecule has 1 aromatic carbocycles. The zero-order valence-corrected chi connectivity index (χ0v) is 16.3. The largest absolute Gasteiger partial charge is 0.493 e. The van der Waals surface area contributed by atoms with Crippen molar-refractivity contribution in [1.82, 2.24) is 9.99 Å². The summed E-state index contributed by atoms with van der Waals surface area (Å²) in [7, 11) is 3.26. The monoisotopic (exact) mass is 379 g/mol. The summed E-state index contributed by atoms with van der Waals surface area (Å²) in [5.41, 5.74) is 2.92. The Hall–Kier alpha value is -2.89. The summed E-state index contributed by atoms with van der Waals surface area (Å²) in [6.07, 6.45) is 7.64. The van der Waals surface area contributed by atoms with Crippen LogP contribution in [0.5, 0.6) is 11.5 Å². The van der Waals surface area contributed by atoms with Gasteiger partial charge in [-0.05, 0) is 42.7 Å². The fourth-order valence-corrected chi connectivity index (χ4v) is 4.24. The maximum atomic E-state index is 13.1. The van der Waals surface area contributed by atoms with Crippen LogP contribution in [-0.4, -0.2) is 35.8 Å². The van der Waals surface area contributed by atoms with Crippen LogP contribution in [0.15, 0.2) is 47.8 Å². The molecule has 2 atom stereocenters. The number of aromatic nitrogens is 1. The van der Waals surface area contributed by atoms with Crippen molar-refractivity contribution in [3.8, 4) is 11.5 Å². The summed E-state index contributed by atoms with van der Waals surface area (Å²) in [5.74, 6) is 1.63. The topological polar surface area (TPSA) is 64.0 Å². The van der Waals surface area contributed by atoms with Crippen molar-refractivity contribution >= 4 is 11.6 Å². The van der Waals surface area contributed by atoms with Crippen LogP contribution in [0.3, 0.4) is 0 Å². The second-order valence-electron chi connectivity index (χ2n) is 7.31. The highest BCUT2D eigenvalue weighted by atomic mass is 16.5. The molecule has 1 saturated carbocycles. The minimum atomic E-state index is -0.00832. The molecule has 6 nitrogen and oxygen atoms in total. The van der Waals surface area contributed by atoms with Gasteiger partial charge in [0.25, 0.3) is 0 Å². The number of hydrogen-bond acceptors (Lipinski definition) is 5. The predicted molar refractivity (Wildman–Crippen MR) is 106 cm³/mol. The van der Waals surface area contributed by atoms with Gasteiger partial charge in [-0.1, -0.05) is 18.9 Å². The molecule has 0 bridgehead atoms. The van der Waals surface area contributed by atoms with Gasteiger partial charge >= 0.3 is 0 Å². The van der Waals surface area contributed by atoms with E-state index in [1.807, 2.05) is 30.3 Å². The molecule has 0 radical (unpaired) electrons. The third-order valence-electron chi connectivity index (χ3n) is 5.65. The average Bonchev–Trinajstić information content (AvgIpc) is 2.76. The first-order chi connectivity index (χ1) is 13.7. The molecule has 146 valence electrons. The first kappa shape index (κ1) is 18.5. The number of hydrogen-bond donors (Lipinski definition) is 0. The van der Waals surface area contributed by atoms with Gasteiger partial charge in [-0.15, -0.1) is 0 Å². The van der Waals surface area contributed by atoms with Gasteiger partial charge in [0.05, 0.1) is 26.5 Å². The number of amides is 1. The van der Waals surface area contributed by atoms with Crippen LogP contribution in [0.25, 0.3) is 0 Å². The lowest BCUT2D eigenvalue weighted by Gasteiger charge is -2.38. The maximum Gasteiger partial charge on any atom is 0.246 e. The number of fused-ring (bicyclic) bond motifs is 1. The minimum Gasteiger partial charge on any atom is -0.493 e. The van der Waals surface area contributed by atoms with Crippen molar-refractivity contribution in [3.63, 3.8) is 0 Å². The van der Waals surface area contributed by atoms with Gasteiger partial charge in [0.1, 0.15) is 0 Å². The molecule has 1 amide bonds. The number of methoxy groups -OCH3 is 2. The van der Waals surface area contributed by atoms with Crippen LogP contribution < -0.4 is 9.47 Å². The van der Waals surface area contributed by atoms with Crippen LogP contribution in [0.2, 0.25) is 0 Å². The number of rotatable bonds is 5. The molecular formula is C22H25N3O3. The zero-order valence-electron chi connectivity index (χ0n) is 16.3. The quantitative estimate of drug-likeness (QED) is 0.795. The van der Waals surface area contributed by atoms with Crippen LogP contribution >= 0.6 is 0 Å². The Balaban J connectivity index is 1.73. The summed E-state index contributed by atoms with van der Waals surface area (Å²) >= 11 is 0. The van der Waals surface area contributed by atoms with Crippen molar-refractivity contribution in [1.29, 1.82) is 0 Å². The van der Waals surface area contributed by atoms with E-state index in [1.54, 1.807) is 31.6 Å². The number of ether oxygens (including phenoxy) is 2. The Labute approximate surface area is 165 Å². The molecule has 2 heterocycles. The molecule has 28 heavy (non-hydrogen) atoms. The molecule has 4 rings (SSSR count). The molecule has 1 fully saturated rings. The fraction of sp³-hybridized carbons (Fsp3) is 0.409. The summed E-state index contributed by atoms with van der Waals surface area (Å²) in [4.78, 5) is 17.3. The minimum absolute atomic E-state index is 0.00832. The van der Waals surface area contributed by atoms with E-state index in [0.29, 0.717) is 18.0 Å². The molecular weight excluding hydrogens is 354 g/mol. The van der Waals surface area contributed by atoms with Crippen LogP contribution in [0.1, 0.15) is 36.8 Å². The van der Waals surface area contributed by atoms with Crippen molar-refractivity contribution in [2.24, 2.45) is 16.9 Å². The molecule has 1 aliphatic heterocycles. The first-order valence-electron chi connectivity index (χ1n) is 9.72. The smallest absolute Gasteiger partial charge is 0.246 e. The summed E-state index contributed by atoms with van der Waals surface area (Å²) in [6.45, 7) is 0.437. The standard InChI is InChI=1S/C22H25N3O3/c1-27-19-10-9-16(12-20(19)28-2)21-17-7-3-4-8-18(17)22(26)25(24-21)14-15-6-5-11-23-13-15/h5-6,9-13,17-18H,3-4,7-8,14H2,1-2H3/t17-,18+/m0/s1. The number of hydrazone groups is 1. The van der Waals surface area contributed by atoms with Crippen LogP contribution in [0, 0.1) is 11.8 Å². The molecule has 2 aromatic rings. The molecule has 6 heteroatoms. The number of benzene rings is 1. The van der Waals surface area contributed by atoms with E-state index >= 15 is 0 Å². The SMILES string of the molecule is COc1ccc(C2=NN(Cc3cccnc3)C(=O)[C@@H]3CCCC[C@H]23)cc1OC. The summed E-state index contributed by atoms with van der Waals surface area (Å²) in [6, 6.07) is 9.71. The molecule has 0 saturated heterocycles. The highest BCUT2D eigenvalue weighted by Gasteiger charge is 2.41. The Morgan fingerprint density at radius 1 is 1.07 bits per heavy atom. The van der Waals surface area contributed by atoms with Crippen molar-refractivity contribution < 1.29 is 14.3 Å². The summed E-state index contributed by atoms with van der Waals surface area (Å²) in [5, 5.41) is 6.44. The Morgan fingerprint density at radius 2 is 1.86 bits per heavy atom. The third kappa shape index (κ3) is 3.46. The highest BCUT2D eigenvalue weighted by Crippen LogP contribution is 2.39.